The molecule has 1 aromatic heterocycles. The predicted octanol–water partition coefficient (Wildman–Crippen LogP) is 2.28. The molecule has 1 fully saturated rings. The zero-order valence-electron chi connectivity index (χ0n) is 11.9. The van der Waals surface area contributed by atoms with Crippen molar-refractivity contribution in [3.05, 3.63) is 35.5 Å². The summed E-state index contributed by atoms with van der Waals surface area (Å²) in [7, 11) is 2.16. The van der Waals surface area contributed by atoms with Gasteiger partial charge in [-0.1, -0.05) is 18.2 Å². The average Bonchev–Trinajstić information content (AvgIpc) is 2.58. The fourth-order valence-electron chi connectivity index (χ4n) is 3.18. The number of fused-ring (bicyclic) bond motifs is 1. The molecule has 0 saturated carbocycles. The molecule has 0 bridgehead atoms. The van der Waals surface area contributed by atoms with Crippen molar-refractivity contribution in [2.45, 2.75) is 19.9 Å². The van der Waals surface area contributed by atoms with E-state index in [2.05, 4.69) is 53.2 Å². The number of aryl methyl sites for hydroxylation is 2. The van der Waals surface area contributed by atoms with Gasteiger partial charge in [-0.2, -0.15) is 0 Å². The smallest absolute Gasteiger partial charge is 0.0510 e. The van der Waals surface area contributed by atoms with Crippen molar-refractivity contribution in [1.82, 2.24) is 14.8 Å². The van der Waals surface area contributed by atoms with Gasteiger partial charge in [0, 0.05) is 38.3 Å². The van der Waals surface area contributed by atoms with Crippen LogP contribution in [0.3, 0.4) is 0 Å². The SMILES string of the molecule is Cc1cccc2c(CN3CCCNCC3)cn(C)c12. The van der Waals surface area contributed by atoms with Gasteiger partial charge in [-0.15, -0.1) is 0 Å². The Morgan fingerprint density at radius 2 is 2.11 bits per heavy atom. The standard InChI is InChI=1S/C16H23N3/c1-13-5-3-6-15-14(11-18(2)16(13)15)12-19-9-4-7-17-8-10-19/h3,5-6,11,17H,4,7-10,12H2,1-2H3. The maximum Gasteiger partial charge on any atom is 0.0510 e. The molecule has 1 aliphatic rings. The highest BCUT2D eigenvalue weighted by molar-refractivity contribution is 5.86. The molecule has 1 aliphatic heterocycles. The van der Waals surface area contributed by atoms with Crippen molar-refractivity contribution >= 4 is 10.9 Å². The number of para-hydroxylation sites is 1. The summed E-state index contributed by atoms with van der Waals surface area (Å²) in [5, 5.41) is 4.88. The van der Waals surface area contributed by atoms with Crippen LogP contribution in [-0.2, 0) is 13.6 Å². The van der Waals surface area contributed by atoms with E-state index in [-0.39, 0.29) is 0 Å². The van der Waals surface area contributed by atoms with E-state index in [1.54, 1.807) is 0 Å². The summed E-state index contributed by atoms with van der Waals surface area (Å²) in [6.45, 7) is 7.90. The maximum absolute atomic E-state index is 3.47. The Morgan fingerprint density at radius 1 is 1.21 bits per heavy atom. The molecule has 2 heterocycles. The third-order valence-electron chi connectivity index (χ3n) is 4.11. The van der Waals surface area contributed by atoms with Crippen molar-refractivity contribution in [2.75, 3.05) is 26.2 Å². The van der Waals surface area contributed by atoms with E-state index >= 15 is 0 Å². The summed E-state index contributed by atoms with van der Waals surface area (Å²) < 4.78 is 2.27. The topological polar surface area (TPSA) is 20.2 Å². The summed E-state index contributed by atoms with van der Waals surface area (Å²) in [5.41, 5.74) is 4.21. The van der Waals surface area contributed by atoms with Crippen LogP contribution in [0, 0.1) is 6.92 Å². The van der Waals surface area contributed by atoms with Gasteiger partial charge >= 0.3 is 0 Å². The fraction of sp³-hybridized carbons (Fsp3) is 0.500. The first kappa shape index (κ1) is 12.7. The molecule has 3 heteroatoms. The van der Waals surface area contributed by atoms with Gasteiger partial charge in [-0.05, 0) is 37.6 Å². The Balaban J connectivity index is 1.90. The minimum Gasteiger partial charge on any atom is -0.350 e. The van der Waals surface area contributed by atoms with E-state index in [9.17, 15) is 0 Å². The normalized spacial score (nSPS) is 17.8. The van der Waals surface area contributed by atoms with Crippen molar-refractivity contribution in [3.63, 3.8) is 0 Å². The third kappa shape index (κ3) is 2.53. The number of nitrogens with one attached hydrogen (secondary N) is 1. The lowest BCUT2D eigenvalue weighted by atomic mass is 10.1. The third-order valence-corrected chi connectivity index (χ3v) is 4.11. The second-order valence-corrected chi connectivity index (χ2v) is 5.62. The summed E-state index contributed by atoms with van der Waals surface area (Å²) in [6, 6.07) is 6.63. The molecule has 0 aliphatic carbocycles. The number of hydrogen-bond acceptors (Lipinski definition) is 2. The fourth-order valence-corrected chi connectivity index (χ4v) is 3.18. The first-order chi connectivity index (χ1) is 9.25. The Hall–Kier alpha value is -1.32. The summed E-state index contributed by atoms with van der Waals surface area (Å²) in [5.74, 6) is 0. The summed E-state index contributed by atoms with van der Waals surface area (Å²) in [4.78, 5) is 2.57. The van der Waals surface area contributed by atoms with Crippen LogP contribution in [0.5, 0.6) is 0 Å². The molecule has 0 spiro atoms. The van der Waals surface area contributed by atoms with E-state index in [0.717, 1.165) is 26.2 Å². The molecule has 3 nitrogen and oxygen atoms in total. The molecule has 1 N–H and O–H groups in total. The van der Waals surface area contributed by atoms with Gasteiger partial charge in [0.2, 0.25) is 0 Å². The lowest BCUT2D eigenvalue weighted by Crippen LogP contribution is -2.27. The molecular formula is C16H23N3. The minimum atomic E-state index is 1.07. The molecule has 19 heavy (non-hydrogen) atoms. The molecule has 0 unspecified atom stereocenters. The lowest BCUT2D eigenvalue weighted by Gasteiger charge is -2.18. The minimum absolute atomic E-state index is 1.07. The second-order valence-electron chi connectivity index (χ2n) is 5.62. The van der Waals surface area contributed by atoms with E-state index in [1.165, 1.54) is 35.0 Å². The van der Waals surface area contributed by atoms with Gasteiger partial charge in [-0.3, -0.25) is 4.90 Å². The highest BCUT2D eigenvalue weighted by atomic mass is 15.2. The highest BCUT2D eigenvalue weighted by Crippen LogP contribution is 2.24. The first-order valence-corrected chi connectivity index (χ1v) is 7.22. The summed E-state index contributed by atoms with van der Waals surface area (Å²) in [6.07, 6.45) is 3.56. The Morgan fingerprint density at radius 3 is 3.00 bits per heavy atom. The second kappa shape index (κ2) is 5.35. The van der Waals surface area contributed by atoms with Gasteiger partial charge in [0.15, 0.2) is 0 Å². The molecule has 3 rings (SSSR count). The van der Waals surface area contributed by atoms with E-state index in [0.29, 0.717) is 0 Å². The van der Waals surface area contributed by atoms with Crippen LogP contribution < -0.4 is 5.32 Å². The van der Waals surface area contributed by atoms with Crippen molar-refractivity contribution in [3.8, 4) is 0 Å². The lowest BCUT2D eigenvalue weighted by molar-refractivity contribution is 0.285. The van der Waals surface area contributed by atoms with Crippen LogP contribution in [0.2, 0.25) is 0 Å². The first-order valence-electron chi connectivity index (χ1n) is 7.22. The van der Waals surface area contributed by atoms with Crippen LogP contribution in [0.15, 0.2) is 24.4 Å². The predicted molar refractivity (Wildman–Crippen MR) is 80.4 cm³/mol. The molecular weight excluding hydrogens is 234 g/mol. The van der Waals surface area contributed by atoms with Crippen molar-refractivity contribution < 1.29 is 0 Å². The number of rotatable bonds is 2. The van der Waals surface area contributed by atoms with Crippen molar-refractivity contribution in [2.24, 2.45) is 7.05 Å². The number of hydrogen-bond donors (Lipinski definition) is 1. The van der Waals surface area contributed by atoms with E-state index in [1.807, 2.05) is 0 Å². The number of nitrogens with zero attached hydrogens (tertiary/aromatic N) is 2. The Bertz CT molecular complexity index is 563. The molecule has 2 aromatic rings. The molecule has 1 aromatic carbocycles. The highest BCUT2D eigenvalue weighted by Gasteiger charge is 2.13. The molecule has 0 radical (unpaired) electrons. The van der Waals surface area contributed by atoms with Crippen LogP contribution in [-0.4, -0.2) is 35.6 Å². The van der Waals surface area contributed by atoms with Crippen LogP contribution in [0.25, 0.3) is 10.9 Å². The van der Waals surface area contributed by atoms with Gasteiger partial charge in [0.25, 0.3) is 0 Å². The molecule has 1 saturated heterocycles. The van der Waals surface area contributed by atoms with Crippen LogP contribution in [0.1, 0.15) is 17.5 Å². The number of aromatic nitrogens is 1. The maximum atomic E-state index is 3.47. The molecule has 102 valence electrons. The zero-order chi connectivity index (χ0) is 13.2. The van der Waals surface area contributed by atoms with Gasteiger partial charge < -0.3 is 9.88 Å². The molecule has 0 atom stereocenters. The van der Waals surface area contributed by atoms with Gasteiger partial charge in [-0.25, -0.2) is 0 Å². The number of benzene rings is 1. The van der Waals surface area contributed by atoms with Crippen molar-refractivity contribution in [1.29, 1.82) is 0 Å². The van der Waals surface area contributed by atoms with Gasteiger partial charge in [0.1, 0.15) is 0 Å². The molecule has 0 amide bonds. The summed E-state index contributed by atoms with van der Waals surface area (Å²) >= 11 is 0. The zero-order valence-corrected chi connectivity index (χ0v) is 11.9. The van der Waals surface area contributed by atoms with E-state index in [4.69, 9.17) is 0 Å². The van der Waals surface area contributed by atoms with E-state index < -0.39 is 0 Å². The Labute approximate surface area is 115 Å². The quantitative estimate of drug-likeness (QED) is 0.890. The van der Waals surface area contributed by atoms with Crippen LogP contribution in [0.4, 0.5) is 0 Å². The van der Waals surface area contributed by atoms with Gasteiger partial charge in [0.05, 0.1) is 5.52 Å². The monoisotopic (exact) mass is 257 g/mol. The average molecular weight is 257 g/mol. The largest absolute Gasteiger partial charge is 0.350 e. The van der Waals surface area contributed by atoms with Crippen LogP contribution >= 0.6 is 0 Å². The Kier molecular flexibility index (Phi) is 3.58.